The molecule has 1 unspecified atom stereocenters. The summed E-state index contributed by atoms with van der Waals surface area (Å²) in [5, 5.41) is 5.67. The Balaban J connectivity index is 2.06. The van der Waals surface area contributed by atoms with Crippen molar-refractivity contribution in [1.82, 2.24) is 14.8 Å². The van der Waals surface area contributed by atoms with Crippen molar-refractivity contribution in [3.63, 3.8) is 0 Å². The zero-order chi connectivity index (χ0) is 18.1. The Morgan fingerprint density at radius 1 is 1.04 bits per heavy atom. The highest BCUT2D eigenvalue weighted by Crippen LogP contribution is 2.37. The third kappa shape index (κ3) is 3.71. The van der Waals surface area contributed by atoms with Gasteiger partial charge in [0.05, 0.1) is 17.6 Å². The van der Waals surface area contributed by atoms with Gasteiger partial charge in [0.15, 0.2) is 0 Å². The molecule has 0 aliphatic rings. The molecule has 2 aromatic carbocycles. The lowest BCUT2D eigenvalue weighted by molar-refractivity contribution is 0.749. The van der Waals surface area contributed by atoms with Crippen LogP contribution < -0.4 is 5.69 Å². The molecule has 1 heterocycles. The molecule has 1 atom stereocenters. The van der Waals surface area contributed by atoms with E-state index in [1.165, 1.54) is 10.9 Å². The van der Waals surface area contributed by atoms with Crippen LogP contribution >= 0.6 is 34.8 Å². The van der Waals surface area contributed by atoms with Gasteiger partial charge in [0.25, 0.3) is 0 Å². The fraction of sp³-hybridized carbons (Fsp3) is 0.167. The van der Waals surface area contributed by atoms with Crippen LogP contribution in [0, 0.1) is 6.92 Å². The summed E-state index contributed by atoms with van der Waals surface area (Å²) in [5.41, 5.74) is 2.35. The van der Waals surface area contributed by atoms with Gasteiger partial charge in [-0.15, -0.1) is 0 Å². The maximum absolute atomic E-state index is 12.0. The van der Waals surface area contributed by atoms with Gasteiger partial charge in [-0.3, -0.25) is 0 Å². The van der Waals surface area contributed by atoms with E-state index in [2.05, 4.69) is 10.1 Å². The molecule has 7 heteroatoms. The van der Waals surface area contributed by atoms with Crippen LogP contribution in [0.5, 0.6) is 0 Å². The number of aromatic nitrogens is 3. The van der Waals surface area contributed by atoms with Crippen molar-refractivity contribution in [2.45, 2.75) is 19.8 Å². The monoisotopic (exact) mass is 393 g/mol. The highest BCUT2D eigenvalue weighted by Gasteiger charge is 2.18. The number of aryl methyl sites for hydroxylation is 1. The van der Waals surface area contributed by atoms with E-state index in [0.717, 1.165) is 11.1 Å². The second kappa shape index (κ2) is 7.16. The minimum Gasteiger partial charge on any atom is -0.244 e. The third-order valence-corrected chi connectivity index (χ3v) is 4.80. The summed E-state index contributed by atoms with van der Waals surface area (Å²) in [6, 6.07) is 10.9. The maximum atomic E-state index is 12.0. The first-order chi connectivity index (χ1) is 11.9. The van der Waals surface area contributed by atoms with Crippen LogP contribution in [0.2, 0.25) is 15.1 Å². The van der Waals surface area contributed by atoms with Crippen LogP contribution in [-0.2, 0) is 0 Å². The number of hydrogen-bond acceptors (Lipinski definition) is 3. The highest BCUT2D eigenvalue weighted by molar-refractivity contribution is 6.36. The number of hydrogen-bond donors (Lipinski definition) is 0. The predicted octanol–water partition coefficient (Wildman–Crippen LogP) is 5.05. The summed E-state index contributed by atoms with van der Waals surface area (Å²) >= 11 is 18.9. The molecule has 0 saturated heterocycles. The van der Waals surface area contributed by atoms with E-state index in [9.17, 15) is 4.79 Å². The summed E-state index contributed by atoms with van der Waals surface area (Å²) in [5.74, 6) is -0.0351. The maximum Gasteiger partial charge on any atom is 0.368 e. The van der Waals surface area contributed by atoms with E-state index in [0.29, 0.717) is 26.4 Å². The Kier molecular flexibility index (Phi) is 5.13. The lowest BCUT2D eigenvalue weighted by Gasteiger charge is -2.17. The minimum atomic E-state index is -0.481. The quantitative estimate of drug-likeness (QED) is 0.624. The van der Waals surface area contributed by atoms with E-state index in [1.807, 2.05) is 31.2 Å². The second-order valence-electron chi connectivity index (χ2n) is 5.69. The van der Waals surface area contributed by atoms with Crippen molar-refractivity contribution >= 4 is 34.8 Å². The summed E-state index contributed by atoms with van der Waals surface area (Å²) in [6.07, 6.45) is 1.51. The molecule has 0 saturated carbocycles. The molecule has 4 nitrogen and oxygen atoms in total. The normalized spacial score (nSPS) is 12.2. The molecule has 0 radical (unpaired) electrons. The molecule has 0 aliphatic carbocycles. The van der Waals surface area contributed by atoms with Gasteiger partial charge in [0.1, 0.15) is 0 Å². The molecule has 0 aliphatic heterocycles. The molecule has 3 rings (SSSR count). The topological polar surface area (TPSA) is 47.8 Å². The van der Waals surface area contributed by atoms with Crippen molar-refractivity contribution in [1.29, 1.82) is 0 Å². The van der Waals surface area contributed by atoms with Crippen molar-refractivity contribution in [2.75, 3.05) is 0 Å². The highest BCUT2D eigenvalue weighted by atomic mass is 35.5. The molecule has 25 heavy (non-hydrogen) atoms. The summed E-state index contributed by atoms with van der Waals surface area (Å²) in [6.45, 7) is 3.71. The molecular formula is C18H14Cl3N3O. The van der Waals surface area contributed by atoms with Crippen LogP contribution in [0.15, 0.2) is 47.4 Å². The Hall–Kier alpha value is -1.88. The van der Waals surface area contributed by atoms with Crippen LogP contribution in [0.25, 0.3) is 5.69 Å². The fourth-order valence-corrected chi connectivity index (χ4v) is 3.55. The average molecular weight is 395 g/mol. The lowest BCUT2D eigenvalue weighted by atomic mass is 9.93. The molecule has 3 aromatic rings. The number of halogens is 3. The Morgan fingerprint density at radius 3 is 2.20 bits per heavy atom. The average Bonchev–Trinajstić information content (AvgIpc) is 2.54. The van der Waals surface area contributed by atoms with Crippen molar-refractivity contribution in [3.05, 3.63) is 85.0 Å². The largest absolute Gasteiger partial charge is 0.368 e. The predicted molar refractivity (Wildman–Crippen MR) is 101 cm³/mol. The number of nitrogens with zero attached hydrogens (tertiary/aromatic N) is 3. The van der Waals surface area contributed by atoms with Crippen molar-refractivity contribution in [2.24, 2.45) is 0 Å². The fourth-order valence-electron chi connectivity index (χ4n) is 2.62. The van der Waals surface area contributed by atoms with E-state index >= 15 is 0 Å². The molecule has 0 amide bonds. The molecular weight excluding hydrogens is 381 g/mol. The first-order valence-electron chi connectivity index (χ1n) is 7.54. The molecule has 1 aromatic heterocycles. The number of benzene rings is 2. The van der Waals surface area contributed by atoms with Gasteiger partial charge in [-0.05, 0) is 42.3 Å². The van der Waals surface area contributed by atoms with Gasteiger partial charge in [-0.25, -0.2) is 4.79 Å². The van der Waals surface area contributed by atoms with E-state index < -0.39 is 5.69 Å². The smallest absolute Gasteiger partial charge is 0.244 e. The summed E-state index contributed by atoms with van der Waals surface area (Å²) < 4.78 is 1.17. The lowest BCUT2D eigenvalue weighted by Crippen LogP contribution is -2.24. The van der Waals surface area contributed by atoms with Crippen LogP contribution in [0.3, 0.4) is 0 Å². The molecule has 0 bridgehead atoms. The standard InChI is InChI=1S/C18H14Cl3N3O/c1-10-9-22-24(18(25)23-10)14-7-15(20)17(16(21)8-14)11(2)12-3-5-13(19)6-4-12/h3-9,11H,1-2H3. The van der Waals surface area contributed by atoms with E-state index in [1.54, 1.807) is 19.1 Å². The SMILES string of the molecule is Cc1cnn(-c2cc(Cl)c(C(C)c3ccc(Cl)cc3)c(Cl)c2)c(=O)n1. The van der Waals surface area contributed by atoms with Gasteiger partial charge in [0.2, 0.25) is 0 Å². The van der Waals surface area contributed by atoms with Crippen molar-refractivity contribution < 1.29 is 0 Å². The second-order valence-corrected chi connectivity index (χ2v) is 6.94. The summed E-state index contributed by atoms with van der Waals surface area (Å²) in [7, 11) is 0. The Labute approximate surface area is 160 Å². The minimum absolute atomic E-state index is 0.0351. The van der Waals surface area contributed by atoms with Crippen LogP contribution in [0.1, 0.15) is 29.7 Å². The zero-order valence-electron chi connectivity index (χ0n) is 13.5. The molecule has 128 valence electrons. The molecule has 0 spiro atoms. The Bertz CT molecular complexity index is 961. The zero-order valence-corrected chi connectivity index (χ0v) is 15.8. The van der Waals surface area contributed by atoms with Gasteiger partial charge < -0.3 is 0 Å². The molecule has 0 N–H and O–H groups in total. The van der Waals surface area contributed by atoms with Gasteiger partial charge in [0, 0.05) is 21.0 Å². The van der Waals surface area contributed by atoms with Crippen LogP contribution in [0.4, 0.5) is 0 Å². The van der Waals surface area contributed by atoms with Gasteiger partial charge >= 0.3 is 5.69 Å². The first kappa shape index (κ1) is 17.9. The third-order valence-electron chi connectivity index (χ3n) is 3.92. The summed E-state index contributed by atoms with van der Waals surface area (Å²) in [4.78, 5) is 15.9. The van der Waals surface area contributed by atoms with Crippen LogP contribution in [-0.4, -0.2) is 14.8 Å². The van der Waals surface area contributed by atoms with Gasteiger partial charge in [-0.1, -0.05) is 53.9 Å². The van der Waals surface area contributed by atoms with E-state index in [4.69, 9.17) is 34.8 Å². The van der Waals surface area contributed by atoms with Gasteiger partial charge in [-0.2, -0.15) is 14.8 Å². The first-order valence-corrected chi connectivity index (χ1v) is 8.68. The van der Waals surface area contributed by atoms with Crippen molar-refractivity contribution in [3.8, 4) is 5.69 Å². The molecule has 0 fully saturated rings. The van der Waals surface area contributed by atoms with E-state index in [-0.39, 0.29) is 5.92 Å². The Morgan fingerprint density at radius 2 is 1.64 bits per heavy atom. The number of rotatable bonds is 3.